The molecule has 0 heterocycles. The summed E-state index contributed by atoms with van der Waals surface area (Å²) in [5.74, 6) is 1.10. The standard InChI is InChI=1S/C20H34O4/c1-17(2)14-6-7-19-8-12(20(24,10-19)11-21)4-5-15(19)18(14,3)9-13(22)16(17)23/h12-16,21-24H,4-11H2,1-3H3/t12-,13+,14-,15+,16-,18-,19+,20+/m1/s1. The zero-order valence-electron chi connectivity index (χ0n) is 15.3. The average Bonchev–Trinajstić information content (AvgIpc) is 2.72. The van der Waals surface area contributed by atoms with Crippen LogP contribution in [0.1, 0.15) is 65.7 Å². The van der Waals surface area contributed by atoms with Crippen LogP contribution in [0.3, 0.4) is 0 Å². The van der Waals surface area contributed by atoms with Crippen molar-refractivity contribution < 1.29 is 20.4 Å². The molecule has 0 unspecified atom stereocenters. The minimum atomic E-state index is -0.903. The van der Waals surface area contributed by atoms with Crippen LogP contribution in [0.4, 0.5) is 0 Å². The Morgan fingerprint density at radius 1 is 0.958 bits per heavy atom. The third-order valence-corrected chi connectivity index (χ3v) is 9.08. The smallest absolute Gasteiger partial charge is 0.0910 e. The van der Waals surface area contributed by atoms with Gasteiger partial charge in [0.05, 0.1) is 24.4 Å². The fourth-order valence-electron chi connectivity index (χ4n) is 8.17. The molecule has 4 rings (SSSR count). The molecule has 0 amide bonds. The van der Waals surface area contributed by atoms with Gasteiger partial charge < -0.3 is 20.4 Å². The van der Waals surface area contributed by atoms with Crippen molar-refractivity contribution >= 4 is 0 Å². The first-order valence-corrected chi connectivity index (χ1v) is 9.78. The minimum Gasteiger partial charge on any atom is -0.393 e. The molecule has 4 fully saturated rings. The average molecular weight is 338 g/mol. The molecule has 138 valence electrons. The van der Waals surface area contributed by atoms with E-state index in [2.05, 4.69) is 20.8 Å². The summed E-state index contributed by atoms with van der Waals surface area (Å²) < 4.78 is 0. The highest BCUT2D eigenvalue weighted by Gasteiger charge is 2.68. The third kappa shape index (κ3) is 1.94. The first-order valence-electron chi connectivity index (χ1n) is 9.78. The molecular weight excluding hydrogens is 304 g/mol. The summed E-state index contributed by atoms with van der Waals surface area (Å²) in [6.45, 7) is 6.44. The maximum absolute atomic E-state index is 10.9. The van der Waals surface area contributed by atoms with Gasteiger partial charge in [-0.2, -0.15) is 0 Å². The molecule has 0 aliphatic heterocycles. The van der Waals surface area contributed by atoms with Gasteiger partial charge in [0.25, 0.3) is 0 Å². The van der Waals surface area contributed by atoms with Crippen molar-refractivity contribution in [2.45, 2.75) is 83.5 Å². The lowest BCUT2D eigenvalue weighted by Gasteiger charge is -2.65. The van der Waals surface area contributed by atoms with E-state index in [1.165, 1.54) is 0 Å². The van der Waals surface area contributed by atoms with E-state index in [1.807, 2.05) is 0 Å². The van der Waals surface area contributed by atoms with Crippen LogP contribution in [0.15, 0.2) is 0 Å². The van der Waals surface area contributed by atoms with E-state index in [9.17, 15) is 20.4 Å². The van der Waals surface area contributed by atoms with E-state index >= 15 is 0 Å². The van der Waals surface area contributed by atoms with Crippen LogP contribution in [0.2, 0.25) is 0 Å². The van der Waals surface area contributed by atoms with Crippen LogP contribution in [0, 0.1) is 34.0 Å². The van der Waals surface area contributed by atoms with E-state index in [0.29, 0.717) is 24.7 Å². The van der Waals surface area contributed by atoms with Crippen LogP contribution in [0.25, 0.3) is 0 Å². The highest BCUT2D eigenvalue weighted by Crippen LogP contribution is 2.72. The van der Waals surface area contributed by atoms with E-state index in [0.717, 1.165) is 32.1 Å². The molecular formula is C20H34O4. The highest BCUT2D eigenvalue weighted by molar-refractivity contribution is 5.18. The topological polar surface area (TPSA) is 80.9 Å². The van der Waals surface area contributed by atoms with Crippen molar-refractivity contribution in [1.82, 2.24) is 0 Å². The fourth-order valence-corrected chi connectivity index (χ4v) is 8.17. The second-order valence-electron chi connectivity index (χ2n) is 10.5. The Morgan fingerprint density at radius 3 is 2.33 bits per heavy atom. The van der Waals surface area contributed by atoms with Gasteiger partial charge in [-0.1, -0.05) is 20.8 Å². The fraction of sp³-hybridized carbons (Fsp3) is 1.00. The quantitative estimate of drug-likeness (QED) is 0.590. The Hall–Kier alpha value is -0.160. The van der Waals surface area contributed by atoms with Gasteiger partial charge in [-0.3, -0.25) is 0 Å². The lowest BCUT2D eigenvalue weighted by molar-refractivity contribution is -0.217. The molecule has 4 heteroatoms. The van der Waals surface area contributed by atoms with Crippen LogP contribution < -0.4 is 0 Å². The Balaban J connectivity index is 1.74. The molecule has 4 saturated carbocycles. The normalized spacial score (nSPS) is 58.9. The van der Waals surface area contributed by atoms with Gasteiger partial charge in [0.15, 0.2) is 0 Å². The number of aliphatic hydroxyl groups is 4. The van der Waals surface area contributed by atoms with Crippen LogP contribution in [-0.2, 0) is 0 Å². The van der Waals surface area contributed by atoms with E-state index in [4.69, 9.17) is 0 Å². The zero-order valence-corrected chi connectivity index (χ0v) is 15.3. The molecule has 0 radical (unpaired) electrons. The van der Waals surface area contributed by atoms with Crippen LogP contribution in [0.5, 0.6) is 0 Å². The molecule has 4 nitrogen and oxygen atoms in total. The maximum atomic E-state index is 10.9. The zero-order chi connectivity index (χ0) is 17.5. The van der Waals surface area contributed by atoms with E-state index in [-0.39, 0.29) is 28.8 Å². The van der Waals surface area contributed by atoms with Crippen molar-refractivity contribution in [3.8, 4) is 0 Å². The number of hydrogen-bond donors (Lipinski definition) is 4. The Morgan fingerprint density at radius 2 is 1.67 bits per heavy atom. The molecule has 4 N–H and O–H groups in total. The predicted octanol–water partition coefficient (Wildman–Crippen LogP) is 2.08. The summed E-state index contributed by atoms with van der Waals surface area (Å²) >= 11 is 0. The Kier molecular flexibility index (Phi) is 3.57. The van der Waals surface area contributed by atoms with E-state index in [1.54, 1.807) is 0 Å². The van der Waals surface area contributed by atoms with Gasteiger partial charge >= 0.3 is 0 Å². The van der Waals surface area contributed by atoms with Crippen molar-refractivity contribution in [3.63, 3.8) is 0 Å². The lowest BCUT2D eigenvalue weighted by atomic mass is 9.40. The molecule has 4 aliphatic carbocycles. The van der Waals surface area contributed by atoms with Gasteiger partial charge in [-0.05, 0) is 78.9 Å². The molecule has 24 heavy (non-hydrogen) atoms. The third-order valence-electron chi connectivity index (χ3n) is 9.08. The SMILES string of the molecule is CC1(C)[C@H](O)[C@@H](O)C[C@]2(C)[C@@H]1CC[C@@]13C[C@@H](CC[C@H]12)[C@@](O)(CO)C3. The van der Waals surface area contributed by atoms with Gasteiger partial charge in [0, 0.05) is 0 Å². The Labute approximate surface area is 145 Å². The summed E-state index contributed by atoms with van der Waals surface area (Å²) in [5.41, 5.74) is -1.06. The molecule has 1 spiro atoms. The summed E-state index contributed by atoms with van der Waals surface area (Å²) in [7, 11) is 0. The molecule has 0 aromatic rings. The molecule has 0 saturated heterocycles. The van der Waals surface area contributed by atoms with Gasteiger partial charge in [0.1, 0.15) is 0 Å². The van der Waals surface area contributed by atoms with Crippen molar-refractivity contribution in [3.05, 3.63) is 0 Å². The largest absolute Gasteiger partial charge is 0.393 e. The van der Waals surface area contributed by atoms with Gasteiger partial charge in [-0.15, -0.1) is 0 Å². The molecule has 0 aromatic heterocycles. The number of rotatable bonds is 1. The van der Waals surface area contributed by atoms with Crippen LogP contribution >= 0.6 is 0 Å². The van der Waals surface area contributed by atoms with Gasteiger partial charge in [0.2, 0.25) is 0 Å². The van der Waals surface area contributed by atoms with Gasteiger partial charge in [-0.25, -0.2) is 0 Å². The van der Waals surface area contributed by atoms with Crippen molar-refractivity contribution in [1.29, 1.82) is 0 Å². The van der Waals surface area contributed by atoms with Crippen LogP contribution in [-0.4, -0.2) is 44.8 Å². The second-order valence-corrected chi connectivity index (χ2v) is 10.5. The van der Waals surface area contributed by atoms with E-state index < -0.39 is 17.8 Å². The first kappa shape index (κ1) is 17.3. The summed E-state index contributed by atoms with van der Waals surface area (Å²) in [5, 5.41) is 41.9. The second kappa shape index (κ2) is 4.97. The minimum absolute atomic E-state index is 0.00602. The summed E-state index contributed by atoms with van der Waals surface area (Å²) in [6, 6.07) is 0. The van der Waals surface area contributed by atoms with Crippen molar-refractivity contribution in [2.75, 3.05) is 6.61 Å². The predicted molar refractivity (Wildman–Crippen MR) is 91.2 cm³/mol. The molecule has 2 bridgehead atoms. The maximum Gasteiger partial charge on any atom is 0.0910 e. The summed E-state index contributed by atoms with van der Waals surface area (Å²) in [6.07, 6.45) is 5.29. The first-order chi connectivity index (χ1) is 11.1. The number of aliphatic hydroxyl groups excluding tert-OH is 3. The van der Waals surface area contributed by atoms with Crippen molar-refractivity contribution in [2.24, 2.45) is 34.0 Å². The number of fused-ring (bicyclic) bond motifs is 3. The summed E-state index contributed by atoms with van der Waals surface area (Å²) in [4.78, 5) is 0. The molecule has 8 atom stereocenters. The molecule has 0 aromatic carbocycles. The lowest BCUT2D eigenvalue weighted by Crippen LogP contribution is -2.63. The molecule has 4 aliphatic rings. The monoisotopic (exact) mass is 338 g/mol. The Bertz CT molecular complexity index is 534. The highest BCUT2D eigenvalue weighted by atomic mass is 16.3. The number of hydrogen-bond acceptors (Lipinski definition) is 4.